The van der Waals surface area contributed by atoms with Crippen molar-refractivity contribution >= 4 is 11.7 Å². The lowest BCUT2D eigenvalue weighted by Crippen LogP contribution is -2.31. The molecule has 0 spiro atoms. The van der Waals surface area contributed by atoms with Crippen LogP contribution in [0.25, 0.3) is 0 Å². The average Bonchev–Trinajstić information content (AvgIpc) is 3.14. The SMILES string of the molecule is Cc1noc(C)c1C(=O)N1CC[C@@H](Oc2cccnc2N(C)C)C1. The van der Waals surface area contributed by atoms with E-state index in [-0.39, 0.29) is 12.0 Å². The number of ether oxygens (including phenoxy) is 1. The van der Waals surface area contributed by atoms with Crippen LogP contribution in [-0.4, -0.2) is 54.2 Å². The molecule has 3 rings (SSSR count). The molecule has 0 unspecified atom stereocenters. The Balaban J connectivity index is 1.69. The van der Waals surface area contributed by atoms with Gasteiger partial charge in [0, 0.05) is 33.3 Å². The average molecular weight is 330 g/mol. The molecule has 1 aliphatic rings. The van der Waals surface area contributed by atoms with E-state index in [1.807, 2.05) is 31.1 Å². The molecular weight excluding hydrogens is 308 g/mol. The van der Waals surface area contributed by atoms with Gasteiger partial charge in [-0.3, -0.25) is 4.79 Å². The number of rotatable bonds is 4. The molecule has 7 heteroatoms. The molecule has 7 nitrogen and oxygen atoms in total. The molecule has 0 aliphatic carbocycles. The van der Waals surface area contributed by atoms with Crippen molar-refractivity contribution in [2.45, 2.75) is 26.4 Å². The first kappa shape index (κ1) is 16.3. The normalized spacial score (nSPS) is 17.2. The standard InChI is InChI=1S/C17H22N4O3/c1-11-15(12(2)24-19-11)17(22)21-9-7-13(10-21)23-14-6-5-8-18-16(14)20(3)4/h5-6,8,13H,7,9-10H2,1-4H3/t13-/m1/s1. The number of aromatic nitrogens is 2. The molecule has 0 aromatic carbocycles. The number of hydrogen-bond donors (Lipinski definition) is 0. The molecule has 0 saturated carbocycles. The highest BCUT2D eigenvalue weighted by Gasteiger charge is 2.31. The summed E-state index contributed by atoms with van der Waals surface area (Å²) in [5, 5.41) is 3.86. The predicted molar refractivity (Wildman–Crippen MR) is 89.5 cm³/mol. The fourth-order valence-corrected chi connectivity index (χ4v) is 2.94. The zero-order valence-electron chi connectivity index (χ0n) is 14.4. The maximum absolute atomic E-state index is 12.7. The molecule has 0 radical (unpaired) electrons. The van der Waals surface area contributed by atoms with Crippen molar-refractivity contribution in [1.82, 2.24) is 15.0 Å². The molecule has 1 aliphatic heterocycles. The van der Waals surface area contributed by atoms with Gasteiger partial charge in [-0.2, -0.15) is 0 Å². The highest BCUT2D eigenvalue weighted by molar-refractivity contribution is 5.96. The summed E-state index contributed by atoms with van der Waals surface area (Å²) in [6.07, 6.45) is 2.48. The number of likely N-dealkylation sites (tertiary alicyclic amines) is 1. The molecule has 1 fully saturated rings. The molecule has 1 atom stereocenters. The van der Waals surface area contributed by atoms with Gasteiger partial charge in [0.05, 0.1) is 12.2 Å². The third-order valence-electron chi connectivity index (χ3n) is 4.15. The Morgan fingerprint density at radius 1 is 1.42 bits per heavy atom. The minimum Gasteiger partial charge on any atom is -0.485 e. The zero-order valence-corrected chi connectivity index (χ0v) is 14.4. The first-order chi connectivity index (χ1) is 11.5. The quantitative estimate of drug-likeness (QED) is 0.854. The molecule has 24 heavy (non-hydrogen) atoms. The Bertz CT molecular complexity index is 722. The van der Waals surface area contributed by atoms with Crippen LogP contribution in [0.1, 0.15) is 28.2 Å². The van der Waals surface area contributed by atoms with E-state index in [4.69, 9.17) is 9.26 Å². The summed E-state index contributed by atoms with van der Waals surface area (Å²) in [6, 6.07) is 3.76. The molecule has 2 aromatic heterocycles. The predicted octanol–water partition coefficient (Wildman–Crippen LogP) is 2.05. The van der Waals surface area contributed by atoms with Crippen molar-refractivity contribution in [2.75, 3.05) is 32.1 Å². The smallest absolute Gasteiger partial charge is 0.259 e. The van der Waals surface area contributed by atoms with Crippen LogP contribution in [0.2, 0.25) is 0 Å². The number of anilines is 1. The largest absolute Gasteiger partial charge is 0.485 e. The van der Waals surface area contributed by atoms with Crippen molar-refractivity contribution in [1.29, 1.82) is 0 Å². The number of carbonyl (C=O) groups is 1. The van der Waals surface area contributed by atoms with Gasteiger partial charge >= 0.3 is 0 Å². The van der Waals surface area contributed by atoms with Gasteiger partial charge in [-0.05, 0) is 26.0 Å². The number of nitrogens with zero attached hydrogens (tertiary/aromatic N) is 4. The summed E-state index contributed by atoms with van der Waals surface area (Å²) in [5.41, 5.74) is 1.19. The van der Waals surface area contributed by atoms with E-state index in [0.717, 1.165) is 18.0 Å². The first-order valence-corrected chi connectivity index (χ1v) is 7.98. The van der Waals surface area contributed by atoms with Crippen LogP contribution in [-0.2, 0) is 0 Å². The third kappa shape index (κ3) is 3.06. The van der Waals surface area contributed by atoms with E-state index in [0.29, 0.717) is 30.1 Å². The van der Waals surface area contributed by atoms with Crippen LogP contribution in [0.3, 0.4) is 0 Å². The van der Waals surface area contributed by atoms with Gasteiger partial charge in [0.1, 0.15) is 17.4 Å². The minimum absolute atomic E-state index is 0.0441. The van der Waals surface area contributed by atoms with Crippen molar-refractivity contribution in [3.05, 3.63) is 35.3 Å². The van der Waals surface area contributed by atoms with Crippen molar-refractivity contribution in [2.24, 2.45) is 0 Å². The van der Waals surface area contributed by atoms with E-state index in [1.54, 1.807) is 24.9 Å². The van der Waals surface area contributed by atoms with E-state index in [2.05, 4.69) is 10.1 Å². The fraction of sp³-hybridized carbons (Fsp3) is 0.471. The molecule has 1 saturated heterocycles. The highest BCUT2D eigenvalue weighted by atomic mass is 16.5. The molecule has 0 bridgehead atoms. The van der Waals surface area contributed by atoms with Gasteiger partial charge in [-0.1, -0.05) is 5.16 Å². The fourth-order valence-electron chi connectivity index (χ4n) is 2.94. The second-order valence-electron chi connectivity index (χ2n) is 6.20. The second kappa shape index (κ2) is 6.51. The maximum Gasteiger partial charge on any atom is 0.259 e. The Kier molecular flexibility index (Phi) is 4.42. The van der Waals surface area contributed by atoms with Crippen LogP contribution in [0.15, 0.2) is 22.9 Å². The van der Waals surface area contributed by atoms with Gasteiger partial charge in [0.2, 0.25) is 0 Å². The number of aryl methyl sites for hydroxylation is 2. The van der Waals surface area contributed by atoms with Crippen molar-refractivity contribution in [3.63, 3.8) is 0 Å². The first-order valence-electron chi connectivity index (χ1n) is 7.98. The molecule has 2 aromatic rings. The molecule has 1 amide bonds. The van der Waals surface area contributed by atoms with Crippen LogP contribution in [0.4, 0.5) is 5.82 Å². The number of carbonyl (C=O) groups excluding carboxylic acids is 1. The number of amides is 1. The Morgan fingerprint density at radius 2 is 2.21 bits per heavy atom. The Hall–Kier alpha value is -2.57. The Labute approximate surface area is 141 Å². The van der Waals surface area contributed by atoms with E-state index in [9.17, 15) is 4.79 Å². The van der Waals surface area contributed by atoms with E-state index >= 15 is 0 Å². The van der Waals surface area contributed by atoms with Crippen LogP contribution < -0.4 is 9.64 Å². The lowest BCUT2D eigenvalue weighted by Gasteiger charge is -2.20. The Morgan fingerprint density at radius 3 is 2.88 bits per heavy atom. The number of hydrogen-bond acceptors (Lipinski definition) is 6. The van der Waals surface area contributed by atoms with E-state index in [1.165, 1.54) is 0 Å². The van der Waals surface area contributed by atoms with Gasteiger partial charge < -0.3 is 19.1 Å². The molecule has 0 N–H and O–H groups in total. The van der Waals surface area contributed by atoms with E-state index < -0.39 is 0 Å². The van der Waals surface area contributed by atoms with Gasteiger partial charge in [-0.15, -0.1) is 0 Å². The van der Waals surface area contributed by atoms with Crippen molar-refractivity contribution < 1.29 is 14.1 Å². The lowest BCUT2D eigenvalue weighted by atomic mass is 10.2. The zero-order chi connectivity index (χ0) is 17.3. The van der Waals surface area contributed by atoms with Crippen molar-refractivity contribution in [3.8, 4) is 5.75 Å². The topological polar surface area (TPSA) is 71.7 Å². The summed E-state index contributed by atoms with van der Waals surface area (Å²) in [6.45, 7) is 4.75. The lowest BCUT2D eigenvalue weighted by molar-refractivity contribution is 0.0770. The van der Waals surface area contributed by atoms with Crippen LogP contribution >= 0.6 is 0 Å². The highest BCUT2D eigenvalue weighted by Crippen LogP contribution is 2.27. The summed E-state index contributed by atoms with van der Waals surface area (Å²) < 4.78 is 11.2. The molecule has 3 heterocycles. The van der Waals surface area contributed by atoms with Crippen LogP contribution in [0, 0.1) is 13.8 Å². The van der Waals surface area contributed by atoms with Gasteiger partial charge in [0.15, 0.2) is 11.6 Å². The third-order valence-corrected chi connectivity index (χ3v) is 4.15. The molecule has 128 valence electrons. The van der Waals surface area contributed by atoms with Crippen LogP contribution in [0.5, 0.6) is 5.75 Å². The minimum atomic E-state index is -0.0450. The summed E-state index contributed by atoms with van der Waals surface area (Å²) in [5.74, 6) is 2.03. The summed E-state index contributed by atoms with van der Waals surface area (Å²) in [7, 11) is 3.86. The molecular formula is C17H22N4O3. The summed E-state index contributed by atoms with van der Waals surface area (Å²) >= 11 is 0. The summed E-state index contributed by atoms with van der Waals surface area (Å²) in [4.78, 5) is 20.7. The second-order valence-corrected chi connectivity index (χ2v) is 6.20. The monoisotopic (exact) mass is 330 g/mol. The van der Waals surface area contributed by atoms with Gasteiger partial charge in [0.25, 0.3) is 5.91 Å². The maximum atomic E-state index is 12.7. The number of pyridine rings is 1. The van der Waals surface area contributed by atoms with Gasteiger partial charge in [-0.25, -0.2) is 4.98 Å².